The Morgan fingerprint density at radius 2 is 2.06 bits per heavy atom. The van der Waals surface area contributed by atoms with Gasteiger partial charge in [0.05, 0.1) is 29.7 Å². The minimum Gasteiger partial charge on any atom is -0.494 e. The van der Waals surface area contributed by atoms with Crippen LogP contribution in [-0.2, 0) is 4.74 Å². The minimum absolute atomic E-state index is 0.0614. The van der Waals surface area contributed by atoms with Gasteiger partial charge < -0.3 is 18.8 Å². The van der Waals surface area contributed by atoms with Gasteiger partial charge in [0, 0.05) is 18.2 Å². The van der Waals surface area contributed by atoms with Gasteiger partial charge in [-0.3, -0.25) is 9.59 Å². The molecule has 2 aromatic carbocycles. The molecule has 6 nitrogen and oxygen atoms in total. The lowest BCUT2D eigenvalue weighted by Crippen LogP contribution is -2.36. The quantitative estimate of drug-likeness (QED) is 0.438. The van der Waals surface area contributed by atoms with E-state index in [-0.39, 0.29) is 23.2 Å². The molecule has 0 N–H and O–H groups in total. The molecule has 7 heteroatoms. The number of nitrogens with zero attached hydrogens (tertiary/aromatic N) is 1. The van der Waals surface area contributed by atoms with Gasteiger partial charge in [0.15, 0.2) is 5.43 Å². The average Bonchev–Trinajstić information content (AvgIpc) is 3.42. The highest BCUT2D eigenvalue weighted by Crippen LogP contribution is 2.40. The molecule has 2 aliphatic heterocycles. The summed E-state index contributed by atoms with van der Waals surface area (Å²) >= 11 is 6.16. The summed E-state index contributed by atoms with van der Waals surface area (Å²) in [6.45, 7) is 3.81. The van der Waals surface area contributed by atoms with Crippen LogP contribution in [0.15, 0.2) is 51.7 Å². The van der Waals surface area contributed by atoms with Gasteiger partial charge in [0.25, 0.3) is 5.91 Å². The number of carbonyl (C=O) groups is 1. The number of fused-ring (bicyclic) bond motifs is 2. The summed E-state index contributed by atoms with van der Waals surface area (Å²) in [5.41, 5.74) is 1.27. The van der Waals surface area contributed by atoms with E-state index in [4.69, 9.17) is 25.5 Å². The summed E-state index contributed by atoms with van der Waals surface area (Å²) in [7, 11) is 0. The average molecular weight is 468 g/mol. The van der Waals surface area contributed by atoms with E-state index in [1.165, 1.54) is 0 Å². The summed E-state index contributed by atoms with van der Waals surface area (Å²) in [6, 6.07) is 11.9. The second-order valence-corrected chi connectivity index (χ2v) is 9.02. The molecule has 2 unspecified atom stereocenters. The van der Waals surface area contributed by atoms with Crippen molar-refractivity contribution >= 4 is 28.5 Å². The highest BCUT2D eigenvalue weighted by molar-refractivity contribution is 6.31. The summed E-state index contributed by atoms with van der Waals surface area (Å²) in [6.07, 6.45) is 3.78. The van der Waals surface area contributed by atoms with Crippen LogP contribution >= 0.6 is 11.6 Å². The molecule has 1 aromatic heterocycles. The zero-order valence-corrected chi connectivity index (χ0v) is 19.3. The third-order valence-electron chi connectivity index (χ3n) is 6.29. The maximum Gasteiger partial charge on any atom is 0.291 e. The molecule has 1 fully saturated rings. The van der Waals surface area contributed by atoms with Crippen LogP contribution in [0, 0.1) is 0 Å². The van der Waals surface area contributed by atoms with Crippen molar-refractivity contribution in [3.8, 4) is 5.75 Å². The normalized spacial score (nSPS) is 19.9. The predicted octanol–water partition coefficient (Wildman–Crippen LogP) is 5.35. The number of amides is 1. The molecule has 0 aliphatic carbocycles. The Bertz CT molecular complexity index is 1250. The van der Waals surface area contributed by atoms with Gasteiger partial charge in [-0.1, -0.05) is 37.1 Å². The fourth-order valence-corrected chi connectivity index (χ4v) is 4.82. The monoisotopic (exact) mass is 467 g/mol. The van der Waals surface area contributed by atoms with Crippen molar-refractivity contribution in [2.75, 3.05) is 19.8 Å². The van der Waals surface area contributed by atoms with E-state index in [0.29, 0.717) is 47.1 Å². The highest BCUT2D eigenvalue weighted by Gasteiger charge is 2.44. The molecule has 3 heterocycles. The Labute approximate surface area is 197 Å². The van der Waals surface area contributed by atoms with Crippen LogP contribution in [0.4, 0.5) is 0 Å². The van der Waals surface area contributed by atoms with Crippen molar-refractivity contribution in [1.29, 1.82) is 0 Å². The molecule has 0 bridgehead atoms. The van der Waals surface area contributed by atoms with Gasteiger partial charge in [0.2, 0.25) is 5.76 Å². The molecule has 5 rings (SSSR count). The first-order valence-electron chi connectivity index (χ1n) is 11.5. The van der Waals surface area contributed by atoms with Gasteiger partial charge in [0.1, 0.15) is 11.3 Å². The van der Waals surface area contributed by atoms with Crippen LogP contribution in [0.1, 0.15) is 60.3 Å². The number of ether oxygens (including phenoxy) is 2. The standard InChI is InChI=1S/C26H26ClNO5/c1-2-3-11-31-18-7-4-6-16(13-18)23-22-24(29)20-14-17(27)9-10-21(20)33-25(22)26(30)28(23)15-19-8-5-12-32-19/h4,6-7,9-10,13-14,19,23H,2-3,5,8,11-12,15H2,1H3. The van der Waals surface area contributed by atoms with E-state index in [2.05, 4.69) is 6.92 Å². The largest absolute Gasteiger partial charge is 0.494 e. The molecule has 3 aromatic rings. The van der Waals surface area contributed by atoms with Gasteiger partial charge in [-0.2, -0.15) is 0 Å². The zero-order valence-electron chi connectivity index (χ0n) is 18.5. The van der Waals surface area contributed by atoms with E-state index < -0.39 is 6.04 Å². The van der Waals surface area contributed by atoms with Crippen molar-refractivity contribution in [1.82, 2.24) is 4.90 Å². The SMILES string of the molecule is CCCCOc1cccc(C2c3c(oc4ccc(Cl)cc4c3=O)C(=O)N2CC2CCCO2)c1. The molecule has 33 heavy (non-hydrogen) atoms. The van der Waals surface area contributed by atoms with Crippen LogP contribution in [0.5, 0.6) is 5.75 Å². The van der Waals surface area contributed by atoms with E-state index >= 15 is 0 Å². The van der Waals surface area contributed by atoms with E-state index in [9.17, 15) is 9.59 Å². The number of hydrogen-bond acceptors (Lipinski definition) is 5. The fraction of sp³-hybridized carbons (Fsp3) is 0.385. The lowest BCUT2D eigenvalue weighted by atomic mass is 9.98. The Morgan fingerprint density at radius 1 is 1.18 bits per heavy atom. The first-order valence-corrected chi connectivity index (χ1v) is 11.9. The number of benzene rings is 2. The third-order valence-corrected chi connectivity index (χ3v) is 6.53. The second-order valence-electron chi connectivity index (χ2n) is 8.58. The number of rotatable bonds is 7. The molecule has 1 saturated heterocycles. The first kappa shape index (κ1) is 22.0. The molecule has 0 saturated carbocycles. The van der Waals surface area contributed by atoms with E-state index in [0.717, 1.165) is 31.2 Å². The molecular formula is C26H26ClNO5. The van der Waals surface area contributed by atoms with Crippen molar-refractivity contribution in [2.45, 2.75) is 44.8 Å². The van der Waals surface area contributed by atoms with Crippen LogP contribution in [-0.4, -0.2) is 36.7 Å². The Kier molecular flexibility index (Phi) is 6.13. The van der Waals surface area contributed by atoms with Crippen LogP contribution in [0.3, 0.4) is 0 Å². The summed E-state index contributed by atoms with van der Waals surface area (Å²) < 4.78 is 17.7. The summed E-state index contributed by atoms with van der Waals surface area (Å²) in [5.74, 6) is 0.513. The lowest BCUT2D eigenvalue weighted by Gasteiger charge is -2.27. The zero-order chi connectivity index (χ0) is 22.9. The van der Waals surface area contributed by atoms with E-state index in [1.54, 1.807) is 23.1 Å². The molecule has 0 radical (unpaired) electrons. The maximum atomic E-state index is 13.6. The Balaban J connectivity index is 1.62. The first-order chi connectivity index (χ1) is 16.1. The second kappa shape index (κ2) is 9.20. The third kappa shape index (κ3) is 4.13. The summed E-state index contributed by atoms with van der Waals surface area (Å²) in [5, 5.41) is 0.812. The van der Waals surface area contributed by atoms with Gasteiger partial charge in [-0.05, 0) is 55.2 Å². The molecule has 2 aliphatic rings. The summed E-state index contributed by atoms with van der Waals surface area (Å²) in [4.78, 5) is 28.8. The highest BCUT2D eigenvalue weighted by atomic mass is 35.5. The van der Waals surface area contributed by atoms with Crippen molar-refractivity contribution in [3.05, 3.63) is 74.6 Å². The van der Waals surface area contributed by atoms with Crippen molar-refractivity contribution in [2.24, 2.45) is 0 Å². The number of unbranched alkanes of at least 4 members (excludes halogenated alkanes) is 1. The van der Waals surface area contributed by atoms with Crippen LogP contribution < -0.4 is 10.2 Å². The predicted molar refractivity (Wildman–Crippen MR) is 126 cm³/mol. The molecule has 172 valence electrons. The number of halogens is 1. The smallest absolute Gasteiger partial charge is 0.291 e. The van der Waals surface area contributed by atoms with E-state index in [1.807, 2.05) is 24.3 Å². The Hall–Kier alpha value is -2.83. The lowest BCUT2D eigenvalue weighted by molar-refractivity contribution is 0.0486. The molecule has 1 amide bonds. The Morgan fingerprint density at radius 3 is 2.85 bits per heavy atom. The fourth-order valence-electron chi connectivity index (χ4n) is 4.64. The van der Waals surface area contributed by atoms with Gasteiger partial charge >= 0.3 is 0 Å². The number of hydrogen-bond donors (Lipinski definition) is 0. The van der Waals surface area contributed by atoms with Gasteiger partial charge in [-0.15, -0.1) is 0 Å². The van der Waals surface area contributed by atoms with Gasteiger partial charge in [-0.25, -0.2) is 0 Å². The maximum absolute atomic E-state index is 13.6. The van der Waals surface area contributed by atoms with Crippen LogP contribution in [0.2, 0.25) is 5.02 Å². The van der Waals surface area contributed by atoms with Crippen molar-refractivity contribution in [3.63, 3.8) is 0 Å². The minimum atomic E-state index is -0.578. The molecular weight excluding hydrogens is 442 g/mol. The topological polar surface area (TPSA) is 69.0 Å². The van der Waals surface area contributed by atoms with Crippen molar-refractivity contribution < 1.29 is 18.7 Å². The number of carbonyl (C=O) groups excluding carboxylic acids is 1. The molecule has 2 atom stereocenters. The van der Waals surface area contributed by atoms with Crippen LogP contribution in [0.25, 0.3) is 11.0 Å². The molecule has 0 spiro atoms.